The average molecular weight is 277 g/mol. The molecule has 4 heteroatoms. The minimum absolute atomic E-state index is 0.674. The Kier molecular flexibility index (Phi) is 4.17. The van der Waals surface area contributed by atoms with Gasteiger partial charge in [-0.15, -0.1) is 0 Å². The third kappa shape index (κ3) is 2.66. The van der Waals surface area contributed by atoms with Gasteiger partial charge < -0.3 is 4.90 Å². The molecule has 0 saturated carbocycles. The van der Waals surface area contributed by atoms with E-state index in [1.807, 2.05) is 11.8 Å². The first kappa shape index (κ1) is 10.8. The monoisotopic (exact) mass is 276 g/mol. The van der Waals surface area contributed by atoms with E-state index in [0.29, 0.717) is 5.25 Å². The number of nitrogens with zero attached hydrogens (tertiary/aromatic N) is 2. The van der Waals surface area contributed by atoms with Crippen molar-refractivity contribution in [1.29, 1.82) is 0 Å². The van der Waals surface area contributed by atoms with Crippen molar-refractivity contribution in [2.45, 2.75) is 30.9 Å². The highest BCUT2D eigenvalue weighted by Gasteiger charge is 2.23. The zero-order chi connectivity index (χ0) is 9.80. The second-order valence-electron chi connectivity index (χ2n) is 3.92. The van der Waals surface area contributed by atoms with Crippen molar-refractivity contribution < 1.29 is 0 Å². The zero-order valence-corrected chi connectivity index (χ0v) is 10.8. The third-order valence-corrected chi connectivity index (χ3v) is 5.21. The van der Waals surface area contributed by atoms with Crippen LogP contribution in [0.5, 0.6) is 0 Å². The number of halogens is 1. The molecule has 0 aromatic rings. The van der Waals surface area contributed by atoms with E-state index < -0.39 is 0 Å². The second kappa shape index (κ2) is 5.40. The number of hydrogen-bond donors (Lipinski definition) is 0. The fourth-order valence-corrected chi connectivity index (χ4v) is 3.51. The van der Waals surface area contributed by atoms with Crippen LogP contribution in [-0.4, -0.2) is 40.3 Å². The summed E-state index contributed by atoms with van der Waals surface area (Å²) in [6, 6.07) is 0. The number of rotatable bonds is 1. The molecule has 80 valence electrons. The van der Waals surface area contributed by atoms with Crippen molar-refractivity contribution >= 4 is 32.9 Å². The van der Waals surface area contributed by atoms with Crippen molar-refractivity contribution in [2.75, 3.05) is 25.0 Å². The van der Waals surface area contributed by atoms with E-state index in [-0.39, 0.29) is 0 Å². The maximum absolute atomic E-state index is 4.63. The largest absolute Gasteiger partial charge is 0.351 e. The highest BCUT2D eigenvalue weighted by Crippen LogP contribution is 2.26. The smallest absolute Gasteiger partial charge is 0.159 e. The Labute approximate surface area is 98.7 Å². The molecule has 2 rings (SSSR count). The lowest BCUT2D eigenvalue weighted by Crippen LogP contribution is -2.29. The number of likely N-dealkylation sites (tertiary alicyclic amines) is 1. The predicted molar refractivity (Wildman–Crippen MR) is 67.5 cm³/mol. The van der Waals surface area contributed by atoms with Crippen LogP contribution in [0.25, 0.3) is 0 Å². The van der Waals surface area contributed by atoms with E-state index >= 15 is 0 Å². The quantitative estimate of drug-likeness (QED) is 0.685. The van der Waals surface area contributed by atoms with Crippen LogP contribution in [-0.2, 0) is 0 Å². The Balaban J connectivity index is 1.88. The molecule has 0 aliphatic carbocycles. The molecule has 0 spiro atoms. The van der Waals surface area contributed by atoms with Gasteiger partial charge in [-0.25, -0.2) is 0 Å². The van der Waals surface area contributed by atoms with Gasteiger partial charge in [-0.1, -0.05) is 40.5 Å². The van der Waals surface area contributed by atoms with E-state index in [2.05, 4.69) is 25.8 Å². The molecule has 1 saturated heterocycles. The van der Waals surface area contributed by atoms with Crippen LogP contribution >= 0.6 is 27.7 Å². The molecule has 0 aromatic carbocycles. The van der Waals surface area contributed by atoms with Gasteiger partial charge in [0.05, 0.1) is 6.54 Å². The number of amidine groups is 1. The molecule has 1 fully saturated rings. The van der Waals surface area contributed by atoms with E-state index in [4.69, 9.17) is 0 Å². The molecule has 0 aromatic heterocycles. The predicted octanol–water partition coefficient (Wildman–Crippen LogP) is 2.73. The summed E-state index contributed by atoms with van der Waals surface area (Å²) in [5.74, 6) is 0. The molecule has 0 bridgehead atoms. The Hall–Kier alpha value is 0.300. The fourth-order valence-electron chi connectivity index (χ4n) is 1.92. The topological polar surface area (TPSA) is 15.6 Å². The van der Waals surface area contributed by atoms with Crippen LogP contribution in [0, 0.1) is 0 Å². The molecule has 2 nitrogen and oxygen atoms in total. The van der Waals surface area contributed by atoms with Gasteiger partial charge in [-0.3, -0.25) is 4.99 Å². The van der Waals surface area contributed by atoms with Gasteiger partial charge in [0, 0.05) is 23.7 Å². The molecule has 0 radical (unpaired) electrons. The summed E-state index contributed by atoms with van der Waals surface area (Å²) in [4.78, 5) is 7.12. The normalized spacial score (nSPS) is 28.8. The lowest BCUT2D eigenvalue weighted by molar-refractivity contribution is 0.443. The fraction of sp³-hybridized carbons (Fsp3) is 0.900. The molecule has 2 aliphatic rings. The summed E-state index contributed by atoms with van der Waals surface area (Å²) in [7, 11) is 0. The van der Waals surface area contributed by atoms with Crippen molar-refractivity contribution in [3.05, 3.63) is 0 Å². The second-order valence-corrected chi connectivity index (χ2v) is 5.83. The molecular formula is C10H17BrN2S. The van der Waals surface area contributed by atoms with Crippen molar-refractivity contribution in [3.63, 3.8) is 0 Å². The van der Waals surface area contributed by atoms with Gasteiger partial charge in [-0.2, -0.15) is 0 Å². The van der Waals surface area contributed by atoms with Gasteiger partial charge in [0.2, 0.25) is 0 Å². The molecular weight excluding hydrogens is 260 g/mol. The number of aliphatic imine (C=N–C) groups is 1. The highest BCUT2D eigenvalue weighted by atomic mass is 79.9. The molecule has 14 heavy (non-hydrogen) atoms. The Bertz CT molecular complexity index is 212. The zero-order valence-electron chi connectivity index (χ0n) is 8.41. The van der Waals surface area contributed by atoms with Crippen LogP contribution in [0.3, 0.4) is 0 Å². The van der Waals surface area contributed by atoms with Gasteiger partial charge in [0.25, 0.3) is 0 Å². The van der Waals surface area contributed by atoms with Gasteiger partial charge in [-0.05, 0) is 12.8 Å². The molecule has 0 N–H and O–H groups in total. The highest BCUT2D eigenvalue weighted by molar-refractivity contribution is 9.09. The Morgan fingerprint density at radius 3 is 2.57 bits per heavy atom. The third-order valence-electron chi connectivity index (χ3n) is 2.75. The molecule has 2 aliphatic heterocycles. The Morgan fingerprint density at radius 1 is 1.29 bits per heavy atom. The molecule has 0 amide bonds. The van der Waals surface area contributed by atoms with Gasteiger partial charge >= 0.3 is 0 Å². The first-order valence-electron chi connectivity index (χ1n) is 5.42. The summed E-state index contributed by atoms with van der Waals surface area (Å²) in [6.07, 6.45) is 5.49. The maximum Gasteiger partial charge on any atom is 0.159 e. The minimum atomic E-state index is 0.674. The molecule has 1 unspecified atom stereocenters. The van der Waals surface area contributed by atoms with Crippen LogP contribution in [0.2, 0.25) is 0 Å². The average Bonchev–Trinajstić information content (AvgIpc) is 2.53. The molecule has 2 heterocycles. The number of hydrogen-bond acceptors (Lipinski definition) is 3. The van der Waals surface area contributed by atoms with Gasteiger partial charge in [0.1, 0.15) is 0 Å². The number of alkyl halides is 1. The van der Waals surface area contributed by atoms with Crippen LogP contribution in [0.4, 0.5) is 0 Å². The SMILES string of the molecule is BrCC1CN=C(N2CCCCCC2)S1. The minimum Gasteiger partial charge on any atom is -0.351 e. The van der Waals surface area contributed by atoms with Crippen LogP contribution in [0.1, 0.15) is 25.7 Å². The standard InChI is InChI=1S/C10H17BrN2S/c11-7-9-8-12-10(14-9)13-5-3-1-2-4-6-13/h9H,1-8H2. The maximum atomic E-state index is 4.63. The summed E-state index contributed by atoms with van der Waals surface area (Å²) in [6.45, 7) is 3.45. The van der Waals surface area contributed by atoms with E-state index in [9.17, 15) is 0 Å². The number of thioether (sulfide) groups is 1. The van der Waals surface area contributed by atoms with E-state index in [0.717, 1.165) is 11.9 Å². The lowest BCUT2D eigenvalue weighted by Gasteiger charge is -2.21. The first-order chi connectivity index (χ1) is 6.90. The summed E-state index contributed by atoms with van der Waals surface area (Å²) >= 11 is 5.49. The van der Waals surface area contributed by atoms with Crippen molar-refractivity contribution in [1.82, 2.24) is 4.90 Å². The van der Waals surface area contributed by atoms with Crippen molar-refractivity contribution in [2.24, 2.45) is 4.99 Å². The molecule has 1 atom stereocenters. The summed E-state index contributed by atoms with van der Waals surface area (Å²) in [5.41, 5.74) is 0. The van der Waals surface area contributed by atoms with Crippen molar-refractivity contribution in [3.8, 4) is 0 Å². The first-order valence-corrected chi connectivity index (χ1v) is 7.42. The Morgan fingerprint density at radius 2 is 2.00 bits per heavy atom. The van der Waals surface area contributed by atoms with Crippen LogP contribution < -0.4 is 0 Å². The van der Waals surface area contributed by atoms with Crippen LogP contribution in [0.15, 0.2) is 4.99 Å². The summed E-state index contributed by atoms with van der Waals surface area (Å²) in [5, 5.41) is 3.04. The summed E-state index contributed by atoms with van der Waals surface area (Å²) < 4.78 is 0. The lowest BCUT2D eigenvalue weighted by atomic mass is 10.2. The van der Waals surface area contributed by atoms with Gasteiger partial charge in [0.15, 0.2) is 5.17 Å². The van der Waals surface area contributed by atoms with E-state index in [1.54, 1.807) is 0 Å². The van der Waals surface area contributed by atoms with E-state index in [1.165, 1.54) is 43.9 Å².